The molecule has 1 heterocycles. The normalized spacial score (nSPS) is 26.6. The molecular formula is C26H40O4. The summed E-state index contributed by atoms with van der Waals surface area (Å²) >= 11 is 0. The van der Waals surface area contributed by atoms with Crippen molar-refractivity contribution in [3.8, 4) is 11.5 Å². The second-order valence-corrected chi connectivity index (χ2v) is 9.02. The minimum Gasteiger partial charge on any atom is -0.496 e. The molecule has 0 amide bonds. The quantitative estimate of drug-likeness (QED) is 0.596. The zero-order chi connectivity index (χ0) is 22.4. The van der Waals surface area contributed by atoms with Crippen LogP contribution in [0.5, 0.6) is 11.5 Å². The molecule has 0 saturated heterocycles. The van der Waals surface area contributed by atoms with Crippen LogP contribution in [0.25, 0.3) is 0 Å². The first-order valence-corrected chi connectivity index (χ1v) is 11.2. The molecule has 1 aromatic rings. The number of allylic oxidation sites excluding steroid dienone is 3. The van der Waals surface area contributed by atoms with E-state index in [0.29, 0.717) is 6.42 Å². The Bertz CT molecular complexity index is 765. The number of aryl methyl sites for hydroxylation is 1. The van der Waals surface area contributed by atoms with E-state index in [4.69, 9.17) is 9.47 Å². The van der Waals surface area contributed by atoms with Crippen molar-refractivity contribution in [3.63, 3.8) is 0 Å². The molecule has 0 radical (unpaired) electrons. The smallest absolute Gasteiger partial charge is 0.123 e. The summed E-state index contributed by atoms with van der Waals surface area (Å²) < 4.78 is 12.3. The van der Waals surface area contributed by atoms with Gasteiger partial charge in [-0.1, -0.05) is 44.1 Å². The van der Waals surface area contributed by atoms with Gasteiger partial charge in [-0.3, -0.25) is 0 Å². The van der Waals surface area contributed by atoms with Gasteiger partial charge in [-0.05, 0) is 51.3 Å². The fourth-order valence-electron chi connectivity index (χ4n) is 4.31. The van der Waals surface area contributed by atoms with E-state index in [-0.39, 0.29) is 30.5 Å². The van der Waals surface area contributed by atoms with Gasteiger partial charge in [0.05, 0.1) is 13.2 Å². The largest absolute Gasteiger partial charge is 0.496 e. The highest BCUT2D eigenvalue weighted by molar-refractivity contribution is 5.49. The Hall–Kier alpha value is -1.78. The first-order chi connectivity index (χ1) is 14.2. The van der Waals surface area contributed by atoms with Crippen LogP contribution in [0.4, 0.5) is 0 Å². The van der Waals surface area contributed by atoms with Crippen molar-refractivity contribution in [3.05, 3.63) is 46.6 Å². The van der Waals surface area contributed by atoms with Gasteiger partial charge in [-0.25, -0.2) is 0 Å². The third-order valence-corrected chi connectivity index (χ3v) is 6.38. The molecular weight excluding hydrogens is 376 g/mol. The van der Waals surface area contributed by atoms with E-state index in [1.54, 1.807) is 7.11 Å². The lowest BCUT2D eigenvalue weighted by molar-refractivity contribution is -0.00986. The van der Waals surface area contributed by atoms with Crippen LogP contribution in [0.1, 0.15) is 70.9 Å². The molecule has 4 nitrogen and oxygen atoms in total. The predicted molar refractivity (Wildman–Crippen MR) is 123 cm³/mol. The van der Waals surface area contributed by atoms with Gasteiger partial charge in [0.15, 0.2) is 0 Å². The van der Waals surface area contributed by atoms with Gasteiger partial charge >= 0.3 is 0 Å². The molecule has 168 valence electrons. The number of hydrogen-bond acceptors (Lipinski definition) is 4. The molecule has 0 aromatic heterocycles. The summed E-state index contributed by atoms with van der Waals surface area (Å²) in [7, 11) is 1.72. The van der Waals surface area contributed by atoms with Crippen LogP contribution in [0.3, 0.4) is 0 Å². The maximum Gasteiger partial charge on any atom is 0.123 e. The summed E-state index contributed by atoms with van der Waals surface area (Å²) in [5.74, 6) is 1.66. The summed E-state index contributed by atoms with van der Waals surface area (Å²) in [5.41, 5.74) is 4.81. The zero-order valence-electron chi connectivity index (χ0n) is 19.7. The Morgan fingerprint density at radius 1 is 1.17 bits per heavy atom. The molecule has 2 rings (SSSR count). The van der Waals surface area contributed by atoms with Crippen molar-refractivity contribution in [2.45, 2.75) is 78.9 Å². The molecule has 1 aliphatic heterocycles. The Labute approximate surface area is 182 Å². The fourth-order valence-corrected chi connectivity index (χ4v) is 4.31. The molecule has 5 atom stereocenters. The van der Waals surface area contributed by atoms with E-state index >= 15 is 0 Å². The highest BCUT2D eigenvalue weighted by Crippen LogP contribution is 2.38. The first kappa shape index (κ1) is 24.5. The average Bonchev–Trinajstić information content (AvgIpc) is 2.73. The molecule has 1 aromatic carbocycles. The standard InChI is InChI=1S/C26H40O4/c1-8-21-12-17(3)11-16(2)9-10-23(20(6)26(28)19(5)15-27)30-24-14-22(21)25(29-7)13-18(24)4/h9,12-14,19-21,23,26-28H,8,10-11,15H2,1-7H3/b16-9-,17-12-. The summed E-state index contributed by atoms with van der Waals surface area (Å²) in [6.45, 7) is 12.4. The summed E-state index contributed by atoms with van der Waals surface area (Å²) in [6, 6.07) is 4.17. The van der Waals surface area contributed by atoms with Gasteiger partial charge < -0.3 is 19.7 Å². The van der Waals surface area contributed by atoms with Gasteiger partial charge in [-0.15, -0.1) is 0 Å². The molecule has 30 heavy (non-hydrogen) atoms. The molecule has 4 heteroatoms. The fraction of sp³-hybridized carbons (Fsp3) is 0.615. The Kier molecular flexibility index (Phi) is 8.99. The number of methoxy groups -OCH3 is 1. The van der Waals surface area contributed by atoms with Crippen LogP contribution < -0.4 is 9.47 Å². The minimum atomic E-state index is -0.635. The first-order valence-electron chi connectivity index (χ1n) is 11.2. The van der Waals surface area contributed by atoms with Crippen molar-refractivity contribution >= 4 is 0 Å². The number of aliphatic hydroxyl groups is 2. The molecule has 5 unspecified atom stereocenters. The van der Waals surface area contributed by atoms with Crippen molar-refractivity contribution in [1.29, 1.82) is 0 Å². The maximum absolute atomic E-state index is 10.8. The second-order valence-electron chi connectivity index (χ2n) is 9.02. The number of aliphatic hydroxyl groups excluding tert-OH is 2. The van der Waals surface area contributed by atoms with E-state index in [1.807, 2.05) is 20.8 Å². The zero-order valence-corrected chi connectivity index (χ0v) is 19.7. The third-order valence-electron chi connectivity index (χ3n) is 6.38. The third kappa shape index (κ3) is 5.89. The molecule has 0 spiro atoms. The molecule has 1 aliphatic rings. The van der Waals surface area contributed by atoms with Gasteiger partial charge in [0.1, 0.15) is 17.6 Å². The summed E-state index contributed by atoms with van der Waals surface area (Å²) in [4.78, 5) is 0. The Balaban J connectivity index is 2.56. The Morgan fingerprint density at radius 2 is 1.87 bits per heavy atom. The van der Waals surface area contributed by atoms with E-state index in [9.17, 15) is 10.2 Å². The number of benzene rings is 1. The van der Waals surface area contributed by atoms with Crippen molar-refractivity contribution < 1.29 is 19.7 Å². The number of fused-ring (bicyclic) bond motifs is 2. The highest BCUT2D eigenvalue weighted by Gasteiger charge is 2.30. The van der Waals surface area contributed by atoms with Crippen LogP contribution in [0.2, 0.25) is 0 Å². The average molecular weight is 417 g/mol. The lowest BCUT2D eigenvalue weighted by atomic mass is 9.87. The van der Waals surface area contributed by atoms with E-state index in [1.165, 1.54) is 11.1 Å². The number of rotatable bonds is 6. The SMILES string of the molecule is CCC1/C=C(/C)C/C(C)=C\CC(C(C)C(O)C(C)CO)Oc2cc1c(OC)cc2C. The molecule has 0 aliphatic carbocycles. The maximum atomic E-state index is 10.8. The van der Waals surface area contributed by atoms with E-state index in [2.05, 4.69) is 45.1 Å². The molecule has 0 saturated carbocycles. The molecule has 0 fully saturated rings. The van der Waals surface area contributed by atoms with Crippen LogP contribution in [0.15, 0.2) is 35.4 Å². The van der Waals surface area contributed by atoms with Crippen LogP contribution in [-0.4, -0.2) is 36.1 Å². The second kappa shape index (κ2) is 11.0. The van der Waals surface area contributed by atoms with Gasteiger partial charge in [0.2, 0.25) is 0 Å². The Morgan fingerprint density at radius 3 is 2.47 bits per heavy atom. The van der Waals surface area contributed by atoms with Crippen molar-refractivity contribution in [1.82, 2.24) is 0 Å². The highest BCUT2D eigenvalue weighted by atomic mass is 16.5. The minimum absolute atomic E-state index is 0.0407. The molecule has 2 bridgehead atoms. The van der Waals surface area contributed by atoms with Crippen LogP contribution >= 0.6 is 0 Å². The van der Waals surface area contributed by atoms with Crippen LogP contribution in [0, 0.1) is 18.8 Å². The van der Waals surface area contributed by atoms with Crippen molar-refractivity contribution in [2.24, 2.45) is 11.8 Å². The topological polar surface area (TPSA) is 58.9 Å². The van der Waals surface area contributed by atoms with Gasteiger partial charge in [0.25, 0.3) is 0 Å². The monoisotopic (exact) mass is 416 g/mol. The number of hydrogen-bond donors (Lipinski definition) is 2. The van der Waals surface area contributed by atoms with Gasteiger partial charge in [-0.2, -0.15) is 0 Å². The van der Waals surface area contributed by atoms with E-state index < -0.39 is 6.10 Å². The van der Waals surface area contributed by atoms with Gasteiger partial charge in [0, 0.05) is 36.3 Å². The molecule has 2 N–H and O–H groups in total. The summed E-state index contributed by atoms with van der Waals surface area (Å²) in [6.07, 6.45) is 6.38. The lowest BCUT2D eigenvalue weighted by Crippen LogP contribution is -2.38. The predicted octanol–water partition coefficient (Wildman–Crippen LogP) is 5.56. The number of ether oxygens (including phenoxy) is 2. The summed E-state index contributed by atoms with van der Waals surface area (Å²) in [5, 5.41) is 20.3. The van der Waals surface area contributed by atoms with E-state index in [0.717, 1.165) is 35.5 Å². The van der Waals surface area contributed by atoms with Crippen molar-refractivity contribution in [2.75, 3.05) is 13.7 Å². The lowest BCUT2D eigenvalue weighted by Gasteiger charge is -2.32. The van der Waals surface area contributed by atoms with Crippen LogP contribution in [-0.2, 0) is 0 Å².